The highest BCUT2D eigenvalue weighted by molar-refractivity contribution is 7.10. The highest BCUT2D eigenvalue weighted by Gasteiger charge is 2.48. The van der Waals surface area contributed by atoms with Gasteiger partial charge in [-0.05, 0) is 42.6 Å². The maximum Gasteiger partial charge on any atom is 0.268 e. The summed E-state index contributed by atoms with van der Waals surface area (Å²) in [6.45, 7) is 1.88. The summed E-state index contributed by atoms with van der Waals surface area (Å²) < 4.78 is 27.3. The molecule has 0 bridgehead atoms. The molecule has 4 N–H and O–H groups in total. The van der Waals surface area contributed by atoms with E-state index in [4.69, 9.17) is 5.21 Å². The second kappa shape index (κ2) is 9.96. The first-order chi connectivity index (χ1) is 14.2. The van der Waals surface area contributed by atoms with E-state index in [0.29, 0.717) is 5.56 Å². The smallest absolute Gasteiger partial charge is 0.268 e. The van der Waals surface area contributed by atoms with Crippen molar-refractivity contribution >= 4 is 29.1 Å². The van der Waals surface area contributed by atoms with E-state index in [9.17, 15) is 23.2 Å². The van der Waals surface area contributed by atoms with Gasteiger partial charge in [-0.1, -0.05) is 17.9 Å². The largest absolute Gasteiger partial charge is 0.343 e. The topological polar surface area (TPSA) is 108 Å². The molecule has 10 heteroatoms. The number of hydrogen-bond donors (Lipinski definition) is 4. The van der Waals surface area contributed by atoms with E-state index in [-0.39, 0.29) is 5.56 Å². The van der Waals surface area contributed by atoms with Gasteiger partial charge in [-0.25, -0.2) is 14.3 Å². The molecule has 0 aliphatic rings. The molecule has 0 saturated heterocycles. The molecular weight excluding hydrogens is 416 g/mol. The van der Waals surface area contributed by atoms with Crippen LogP contribution in [0.25, 0.3) is 0 Å². The van der Waals surface area contributed by atoms with Crippen molar-refractivity contribution in [2.24, 2.45) is 0 Å². The van der Waals surface area contributed by atoms with Crippen LogP contribution in [0.15, 0.2) is 41.8 Å². The minimum absolute atomic E-state index is 0.0758. The van der Waals surface area contributed by atoms with Crippen molar-refractivity contribution in [1.82, 2.24) is 16.1 Å². The molecule has 1 aromatic heterocycles. The average molecular weight is 435 g/mol. The molecule has 0 radical (unpaired) electrons. The maximum atomic E-state index is 13.7. The van der Waals surface area contributed by atoms with E-state index in [0.717, 1.165) is 18.7 Å². The number of hydroxylamine groups is 1. The van der Waals surface area contributed by atoms with Gasteiger partial charge in [-0.2, -0.15) is 0 Å². The summed E-state index contributed by atoms with van der Waals surface area (Å²) >= 11 is 1.48. The van der Waals surface area contributed by atoms with E-state index in [1.165, 1.54) is 28.9 Å². The van der Waals surface area contributed by atoms with Crippen LogP contribution in [-0.2, 0) is 9.59 Å². The van der Waals surface area contributed by atoms with Gasteiger partial charge in [0.2, 0.25) is 5.91 Å². The first-order valence-electron chi connectivity index (χ1n) is 8.64. The van der Waals surface area contributed by atoms with Crippen LogP contribution in [0, 0.1) is 11.8 Å². The van der Waals surface area contributed by atoms with Gasteiger partial charge in [0.25, 0.3) is 18.2 Å². The normalized spacial score (nSPS) is 13.4. The fourth-order valence-corrected chi connectivity index (χ4v) is 3.16. The Bertz CT molecular complexity index is 968. The SMILES string of the molecule is CC(=O)NC(C)(C(F)F)[C@H](NC(=O)c1ccc(C#Cc2cccs2)cc1)C(=O)NO. The molecule has 0 aliphatic heterocycles. The highest BCUT2D eigenvalue weighted by atomic mass is 32.1. The number of halogens is 2. The van der Waals surface area contributed by atoms with Crippen LogP contribution in [-0.4, -0.2) is 40.9 Å². The Labute approximate surface area is 175 Å². The van der Waals surface area contributed by atoms with Crippen LogP contribution in [0.5, 0.6) is 0 Å². The number of rotatable bonds is 6. The summed E-state index contributed by atoms with van der Waals surface area (Å²) in [6, 6.07) is 7.75. The van der Waals surface area contributed by atoms with E-state index in [1.54, 1.807) is 12.1 Å². The molecule has 1 aromatic carbocycles. The lowest BCUT2D eigenvalue weighted by Gasteiger charge is -2.36. The lowest BCUT2D eigenvalue weighted by Crippen LogP contribution is -2.68. The van der Waals surface area contributed by atoms with Crippen molar-refractivity contribution in [1.29, 1.82) is 0 Å². The van der Waals surface area contributed by atoms with Gasteiger partial charge >= 0.3 is 0 Å². The second-order valence-corrected chi connectivity index (χ2v) is 7.40. The number of benzene rings is 1. The Kier molecular flexibility index (Phi) is 7.63. The standard InChI is InChI=1S/C20H19F2N3O4S/c1-12(26)24-20(2,19(21)22)16(18(28)25-29)23-17(27)14-8-5-13(6-9-14)7-10-15-4-3-11-30-15/h3-6,8-9,11,16,19,29H,1-2H3,(H,23,27)(H,24,26)(H,25,28)/t16-,20?/m1/s1. The number of thiophene rings is 1. The maximum absolute atomic E-state index is 13.7. The second-order valence-electron chi connectivity index (χ2n) is 6.45. The molecular formula is C20H19F2N3O4S. The molecule has 1 heterocycles. The van der Waals surface area contributed by atoms with Crippen molar-refractivity contribution in [3.8, 4) is 11.8 Å². The minimum atomic E-state index is -3.22. The van der Waals surface area contributed by atoms with Gasteiger partial charge in [-0.3, -0.25) is 19.6 Å². The molecule has 30 heavy (non-hydrogen) atoms. The monoisotopic (exact) mass is 435 g/mol. The molecule has 0 fully saturated rings. The van der Waals surface area contributed by atoms with Gasteiger partial charge in [0.05, 0.1) is 4.88 Å². The molecule has 1 unspecified atom stereocenters. The number of carbonyl (C=O) groups is 3. The van der Waals surface area contributed by atoms with Gasteiger partial charge in [-0.15, -0.1) is 11.3 Å². The predicted octanol–water partition coefficient (Wildman–Crippen LogP) is 1.91. The Balaban J connectivity index is 2.22. The fourth-order valence-electron chi connectivity index (χ4n) is 2.59. The minimum Gasteiger partial charge on any atom is -0.343 e. The van der Waals surface area contributed by atoms with Gasteiger partial charge in [0.15, 0.2) is 0 Å². The zero-order chi connectivity index (χ0) is 22.3. The molecule has 0 spiro atoms. The first-order valence-corrected chi connectivity index (χ1v) is 9.52. The lowest BCUT2D eigenvalue weighted by molar-refractivity contribution is -0.137. The van der Waals surface area contributed by atoms with Gasteiger partial charge in [0, 0.05) is 18.1 Å². The Morgan fingerprint density at radius 2 is 1.80 bits per heavy atom. The first kappa shape index (κ1) is 23.0. The van der Waals surface area contributed by atoms with E-state index < -0.39 is 35.7 Å². The van der Waals surface area contributed by atoms with Crippen LogP contribution >= 0.6 is 11.3 Å². The highest BCUT2D eigenvalue weighted by Crippen LogP contribution is 2.21. The summed E-state index contributed by atoms with van der Waals surface area (Å²) in [5, 5.41) is 14.9. The van der Waals surface area contributed by atoms with Gasteiger partial charge in [0.1, 0.15) is 11.6 Å². The Morgan fingerprint density at radius 1 is 1.13 bits per heavy atom. The summed E-state index contributed by atoms with van der Waals surface area (Å²) in [6.07, 6.45) is -3.22. The van der Waals surface area contributed by atoms with Crippen LogP contribution in [0.4, 0.5) is 8.78 Å². The van der Waals surface area contributed by atoms with Crippen LogP contribution in [0.2, 0.25) is 0 Å². The molecule has 2 aromatic rings. The zero-order valence-electron chi connectivity index (χ0n) is 16.0. The number of carbonyl (C=O) groups excluding carboxylic acids is 3. The van der Waals surface area contributed by atoms with Crippen molar-refractivity contribution in [2.45, 2.75) is 31.9 Å². The molecule has 2 atom stereocenters. The third-order valence-electron chi connectivity index (χ3n) is 4.14. The zero-order valence-corrected chi connectivity index (χ0v) is 16.8. The van der Waals surface area contributed by atoms with Gasteiger partial charge < -0.3 is 10.6 Å². The van der Waals surface area contributed by atoms with Crippen molar-refractivity contribution in [2.75, 3.05) is 0 Å². The number of hydrogen-bond acceptors (Lipinski definition) is 5. The third-order valence-corrected chi connectivity index (χ3v) is 4.93. The number of nitrogens with one attached hydrogen (secondary N) is 3. The number of alkyl halides is 2. The summed E-state index contributed by atoms with van der Waals surface area (Å²) in [5.41, 5.74) is -0.518. The summed E-state index contributed by atoms with van der Waals surface area (Å²) in [7, 11) is 0. The third kappa shape index (κ3) is 5.62. The summed E-state index contributed by atoms with van der Waals surface area (Å²) in [5.74, 6) is 2.89. The molecule has 3 amide bonds. The van der Waals surface area contributed by atoms with E-state index in [1.807, 2.05) is 22.8 Å². The Morgan fingerprint density at radius 3 is 2.30 bits per heavy atom. The number of amides is 3. The quantitative estimate of drug-likeness (QED) is 0.316. The molecule has 0 saturated carbocycles. The Hall–Kier alpha value is -3.29. The summed E-state index contributed by atoms with van der Waals surface area (Å²) in [4.78, 5) is 36.7. The van der Waals surface area contributed by atoms with Crippen molar-refractivity contribution in [3.63, 3.8) is 0 Å². The molecule has 2 rings (SSSR count). The molecule has 0 aliphatic carbocycles. The van der Waals surface area contributed by atoms with Crippen LogP contribution < -0.4 is 16.1 Å². The molecule has 158 valence electrons. The van der Waals surface area contributed by atoms with Crippen LogP contribution in [0.3, 0.4) is 0 Å². The average Bonchev–Trinajstić information content (AvgIpc) is 3.23. The predicted molar refractivity (Wildman–Crippen MR) is 106 cm³/mol. The van der Waals surface area contributed by atoms with Crippen molar-refractivity contribution < 1.29 is 28.4 Å². The molecule has 7 nitrogen and oxygen atoms in total. The van der Waals surface area contributed by atoms with E-state index in [2.05, 4.69) is 17.2 Å². The fraction of sp³-hybridized carbons (Fsp3) is 0.250. The van der Waals surface area contributed by atoms with E-state index >= 15 is 0 Å². The van der Waals surface area contributed by atoms with Crippen molar-refractivity contribution in [3.05, 3.63) is 57.8 Å². The lowest BCUT2D eigenvalue weighted by atomic mass is 9.91. The van der Waals surface area contributed by atoms with Crippen LogP contribution in [0.1, 0.15) is 34.6 Å².